The fraction of sp³-hybridized carbons (Fsp3) is 0.150. The predicted octanol–water partition coefficient (Wildman–Crippen LogP) is 3.45. The SMILES string of the molecule is COc1cccc(/C=C(\C#N)C(=O)O[C@@H](C)C(=O)Nc2c(F)cccc2F)c1. The molecule has 0 saturated heterocycles. The molecular weight excluding hydrogens is 370 g/mol. The van der Waals surface area contributed by atoms with Gasteiger partial charge in [0.05, 0.1) is 7.11 Å². The summed E-state index contributed by atoms with van der Waals surface area (Å²) in [6, 6.07) is 11.4. The van der Waals surface area contributed by atoms with Crippen molar-refractivity contribution in [1.82, 2.24) is 0 Å². The summed E-state index contributed by atoms with van der Waals surface area (Å²) < 4.78 is 37.2. The smallest absolute Gasteiger partial charge is 0.349 e. The van der Waals surface area contributed by atoms with E-state index in [-0.39, 0.29) is 5.57 Å². The fourth-order valence-corrected chi connectivity index (χ4v) is 2.15. The molecule has 2 aromatic rings. The monoisotopic (exact) mass is 386 g/mol. The number of halogens is 2. The Morgan fingerprint density at radius 3 is 2.43 bits per heavy atom. The molecule has 2 aromatic carbocycles. The summed E-state index contributed by atoms with van der Waals surface area (Å²) in [7, 11) is 1.47. The summed E-state index contributed by atoms with van der Waals surface area (Å²) in [5, 5.41) is 11.2. The number of anilines is 1. The van der Waals surface area contributed by atoms with Crippen molar-refractivity contribution in [2.24, 2.45) is 0 Å². The molecule has 1 amide bonds. The first kappa shape index (κ1) is 20.6. The lowest BCUT2D eigenvalue weighted by Gasteiger charge is -2.14. The van der Waals surface area contributed by atoms with Gasteiger partial charge in [-0.05, 0) is 42.8 Å². The summed E-state index contributed by atoms with van der Waals surface area (Å²) in [6.45, 7) is 1.21. The third kappa shape index (κ3) is 5.14. The van der Waals surface area contributed by atoms with Gasteiger partial charge in [-0.1, -0.05) is 18.2 Å². The maximum Gasteiger partial charge on any atom is 0.349 e. The first-order valence-corrected chi connectivity index (χ1v) is 8.07. The Labute approximate surface area is 160 Å². The van der Waals surface area contributed by atoms with Gasteiger partial charge in [-0.3, -0.25) is 4.79 Å². The molecule has 144 valence electrons. The number of hydrogen-bond acceptors (Lipinski definition) is 5. The van der Waals surface area contributed by atoms with Gasteiger partial charge < -0.3 is 14.8 Å². The minimum absolute atomic E-state index is 0.357. The topological polar surface area (TPSA) is 88.4 Å². The van der Waals surface area contributed by atoms with Gasteiger partial charge in [-0.15, -0.1) is 0 Å². The van der Waals surface area contributed by atoms with Gasteiger partial charge in [0.2, 0.25) is 0 Å². The number of amides is 1. The standard InChI is InChI=1S/C20H16F2N2O4/c1-12(19(25)24-18-16(21)7-4-8-17(18)22)28-20(26)14(11-23)9-13-5-3-6-15(10-13)27-2/h3-10,12H,1-2H3,(H,24,25)/b14-9+/t12-/m0/s1. The number of para-hydroxylation sites is 1. The van der Waals surface area contributed by atoms with Crippen molar-refractivity contribution in [1.29, 1.82) is 5.26 Å². The molecule has 1 atom stereocenters. The van der Waals surface area contributed by atoms with Crippen LogP contribution in [0.3, 0.4) is 0 Å². The number of ether oxygens (including phenoxy) is 2. The number of rotatable bonds is 6. The highest BCUT2D eigenvalue weighted by Crippen LogP contribution is 2.19. The second-order valence-corrected chi connectivity index (χ2v) is 5.58. The van der Waals surface area contributed by atoms with Gasteiger partial charge >= 0.3 is 5.97 Å². The Morgan fingerprint density at radius 2 is 1.82 bits per heavy atom. The molecule has 28 heavy (non-hydrogen) atoms. The summed E-state index contributed by atoms with van der Waals surface area (Å²) >= 11 is 0. The zero-order valence-corrected chi connectivity index (χ0v) is 15.0. The molecule has 0 bridgehead atoms. The molecule has 0 aliphatic carbocycles. The third-order valence-electron chi connectivity index (χ3n) is 3.61. The number of nitrogens with zero attached hydrogens (tertiary/aromatic N) is 1. The zero-order chi connectivity index (χ0) is 20.7. The van der Waals surface area contributed by atoms with Gasteiger partial charge in [-0.25, -0.2) is 13.6 Å². The molecule has 0 aromatic heterocycles. The Morgan fingerprint density at radius 1 is 1.18 bits per heavy atom. The van der Waals surface area contributed by atoms with Gasteiger partial charge in [0.25, 0.3) is 5.91 Å². The average Bonchev–Trinajstić information content (AvgIpc) is 2.68. The van der Waals surface area contributed by atoms with E-state index in [9.17, 15) is 23.6 Å². The maximum atomic E-state index is 13.6. The second kappa shape index (κ2) is 9.28. The number of benzene rings is 2. The van der Waals surface area contributed by atoms with Gasteiger partial charge in [0.1, 0.15) is 34.7 Å². The number of nitrogens with one attached hydrogen (secondary N) is 1. The molecule has 0 aliphatic rings. The minimum atomic E-state index is -1.39. The van der Waals surface area contributed by atoms with Crippen LogP contribution in [0, 0.1) is 23.0 Å². The van der Waals surface area contributed by atoms with E-state index < -0.39 is 35.3 Å². The first-order valence-electron chi connectivity index (χ1n) is 8.07. The van der Waals surface area contributed by atoms with E-state index in [4.69, 9.17) is 9.47 Å². The molecule has 2 rings (SSSR count). The molecule has 0 spiro atoms. The van der Waals surface area contributed by atoms with Crippen molar-refractivity contribution < 1.29 is 27.8 Å². The molecule has 8 heteroatoms. The number of carbonyl (C=O) groups is 2. The average molecular weight is 386 g/mol. The molecule has 0 fully saturated rings. The summed E-state index contributed by atoms with van der Waals surface area (Å²) in [5.74, 6) is -3.41. The number of esters is 1. The fourth-order valence-electron chi connectivity index (χ4n) is 2.15. The number of nitriles is 1. The molecule has 0 radical (unpaired) electrons. The first-order chi connectivity index (χ1) is 13.3. The normalized spacial score (nSPS) is 11.9. The van der Waals surface area contributed by atoms with Crippen molar-refractivity contribution in [3.63, 3.8) is 0 Å². The summed E-state index contributed by atoms with van der Waals surface area (Å²) in [4.78, 5) is 24.2. The lowest BCUT2D eigenvalue weighted by Crippen LogP contribution is -2.31. The van der Waals surface area contributed by atoms with E-state index in [1.54, 1.807) is 30.3 Å². The summed E-state index contributed by atoms with van der Waals surface area (Å²) in [6.07, 6.45) is -0.125. The van der Waals surface area contributed by atoms with Crippen molar-refractivity contribution in [2.45, 2.75) is 13.0 Å². The van der Waals surface area contributed by atoms with Crippen LogP contribution < -0.4 is 10.1 Å². The summed E-state index contributed by atoms with van der Waals surface area (Å²) in [5.41, 5.74) is -0.494. The highest BCUT2D eigenvalue weighted by molar-refractivity contribution is 6.01. The van der Waals surface area contributed by atoms with Gasteiger partial charge in [-0.2, -0.15) is 5.26 Å². The molecular formula is C20H16F2N2O4. The molecule has 6 nitrogen and oxygen atoms in total. The quantitative estimate of drug-likeness (QED) is 0.467. The molecule has 1 N–H and O–H groups in total. The van der Waals surface area contributed by atoms with Crippen molar-refractivity contribution in [2.75, 3.05) is 12.4 Å². The number of carbonyl (C=O) groups excluding carboxylic acids is 2. The second-order valence-electron chi connectivity index (χ2n) is 5.58. The van der Waals surface area contributed by atoms with E-state index in [1.165, 1.54) is 20.1 Å². The molecule has 0 heterocycles. The van der Waals surface area contributed by atoms with Crippen LogP contribution in [-0.4, -0.2) is 25.1 Å². The Kier molecular flexibility index (Phi) is 6.82. The van der Waals surface area contributed by atoms with Crippen molar-refractivity contribution in [3.05, 3.63) is 65.2 Å². The largest absolute Gasteiger partial charge is 0.497 e. The highest BCUT2D eigenvalue weighted by Gasteiger charge is 2.22. The van der Waals surface area contributed by atoms with Crippen LogP contribution in [0.2, 0.25) is 0 Å². The van der Waals surface area contributed by atoms with Crippen molar-refractivity contribution >= 4 is 23.6 Å². The minimum Gasteiger partial charge on any atom is -0.497 e. The molecule has 0 unspecified atom stereocenters. The Hall–Kier alpha value is -3.73. The van der Waals surface area contributed by atoms with Crippen LogP contribution in [0.5, 0.6) is 5.75 Å². The van der Waals surface area contributed by atoms with E-state index in [0.29, 0.717) is 11.3 Å². The van der Waals surface area contributed by atoms with E-state index in [0.717, 1.165) is 18.2 Å². The van der Waals surface area contributed by atoms with Crippen LogP contribution >= 0.6 is 0 Å². The van der Waals surface area contributed by atoms with Crippen molar-refractivity contribution in [3.8, 4) is 11.8 Å². The van der Waals surface area contributed by atoms with Crippen LogP contribution in [0.4, 0.5) is 14.5 Å². The van der Waals surface area contributed by atoms with Crippen LogP contribution in [0.25, 0.3) is 6.08 Å². The van der Waals surface area contributed by atoms with E-state index in [1.807, 2.05) is 5.32 Å². The Balaban J connectivity index is 2.10. The zero-order valence-electron chi connectivity index (χ0n) is 15.0. The van der Waals surface area contributed by atoms with Gasteiger partial charge in [0, 0.05) is 0 Å². The number of hydrogen-bond donors (Lipinski definition) is 1. The van der Waals surface area contributed by atoms with Crippen LogP contribution in [0.1, 0.15) is 12.5 Å². The third-order valence-corrected chi connectivity index (χ3v) is 3.61. The van der Waals surface area contributed by atoms with E-state index >= 15 is 0 Å². The lowest BCUT2D eigenvalue weighted by molar-refractivity contribution is -0.148. The van der Waals surface area contributed by atoms with E-state index in [2.05, 4.69) is 0 Å². The van der Waals surface area contributed by atoms with Crippen LogP contribution in [-0.2, 0) is 14.3 Å². The maximum absolute atomic E-state index is 13.6. The Bertz CT molecular complexity index is 947. The lowest BCUT2D eigenvalue weighted by atomic mass is 10.1. The molecule has 0 saturated carbocycles. The van der Waals surface area contributed by atoms with Gasteiger partial charge in [0.15, 0.2) is 6.10 Å². The highest BCUT2D eigenvalue weighted by atomic mass is 19.1. The molecule has 0 aliphatic heterocycles. The van der Waals surface area contributed by atoms with Crippen LogP contribution in [0.15, 0.2) is 48.0 Å². The number of methoxy groups -OCH3 is 1. The predicted molar refractivity (Wildman–Crippen MR) is 97.1 cm³/mol.